The van der Waals surface area contributed by atoms with E-state index in [4.69, 9.17) is 9.47 Å². The topological polar surface area (TPSA) is 72.9 Å². The molecule has 0 atom stereocenters. The van der Waals surface area contributed by atoms with Crippen LogP contribution in [0.3, 0.4) is 0 Å². The molecule has 0 fully saturated rings. The molecule has 0 amide bonds. The Morgan fingerprint density at radius 2 is 1.90 bits per heavy atom. The first kappa shape index (κ1) is 25.7. The molecule has 2 aromatic carbocycles. The van der Waals surface area contributed by atoms with Crippen molar-refractivity contribution in [3.05, 3.63) is 52.5 Å². The summed E-state index contributed by atoms with van der Waals surface area (Å²) >= 11 is 4.92. The first-order valence-electron chi connectivity index (χ1n) is 10.1. The minimum Gasteiger partial charge on any atom is -0.482 e. The van der Waals surface area contributed by atoms with Gasteiger partial charge in [-0.2, -0.15) is 4.31 Å². The number of nitrogens with zero attached hydrogens (tertiary/aromatic N) is 1. The number of thioether (sulfide) groups is 1. The number of carbonyl (C=O) groups excluding carboxylic acids is 1. The van der Waals surface area contributed by atoms with Crippen LogP contribution in [0, 0.1) is 6.92 Å². The molecule has 0 unspecified atom stereocenters. The first-order valence-corrected chi connectivity index (χ1v) is 13.3. The molecule has 0 radical (unpaired) electrons. The lowest BCUT2D eigenvalue weighted by Gasteiger charge is -2.21. The summed E-state index contributed by atoms with van der Waals surface area (Å²) in [6, 6.07) is 12.5. The van der Waals surface area contributed by atoms with Crippen molar-refractivity contribution in [1.29, 1.82) is 0 Å². The van der Waals surface area contributed by atoms with Crippen LogP contribution in [-0.4, -0.2) is 50.7 Å². The van der Waals surface area contributed by atoms with Gasteiger partial charge in [0.05, 0.1) is 11.5 Å². The Bertz CT molecular complexity index is 982. The monoisotopic (exact) mass is 529 g/mol. The van der Waals surface area contributed by atoms with E-state index >= 15 is 0 Å². The summed E-state index contributed by atoms with van der Waals surface area (Å²) in [5, 5.41) is 0. The molecule has 0 aromatic heterocycles. The Morgan fingerprint density at radius 3 is 2.55 bits per heavy atom. The molecule has 6 nitrogen and oxygen atoms in total. The number of rotatable bonds is 12. The highest BCUT2D eigenvalue weighted by atomic mass is 79.9. The smallest absolute Gasteiger partial charge is 0.344 e. The number of halogens is 1. The molecule has 0 aliphatic heterocycles. The van der Waals surface area contributed by atoms with Crippen LogP contribution in [0.2, 0.25) is 0 Å². The van der Waals surface area contributed by atoms with E-state index < -0.39 is 16.0 Å². The number of ether oxygens (including phenoxy) is 2. The number of hydrogen-bond donors (Lipinski definition) is 0. The Hall–Kier alpha value is -1.55. The molecule has 0 saturated carbocycles. The molecule has 0 bridgehead atoms. The van der Waals surface area contributed by atoms with Crippen molar-refractivity contribution in [3.8, 4) is 5.75 Å². The molecule has 0 aliphatic rings. The van der Waals surface area contributed by atoms with Crippen molar-refractivity contribution in [2.75, 3.05) is 32.1 Å². The zero-order valence-electron chi connectivity index (χ0n) is 18.0. The van der Waals surface area contributed by atoms with Crippen molar-refractivity contribution >= 4 is 43.7 Å². The second-order valence-corrected chi connectivity index (χ2v) is 10.8. The lowest BCUT2D eigenvalue weighted by atomic mass is 10.2. The molecule has 0 N–H and O–H groups in total. The van der Waals surface area contributed by atoms with E-state index in [1.165, 1.54) is 4.31 Å². The summed E-state index contributed by atoms with van der Waals surface area (Å²) in [6.07, 6.45) is 0.740. The van der Waals surface area contributed by atoms with Gasteiger partial charge in [-0.15, -0.1) is 11.8 Å². The van der Waals surface area contributed by atoms with Gasteiger partial charge in [0.25, 0.3) is 0 Å². The van der Waals surface area contributed by atoms with Gasteiger partial charge in [0, 0.05) is 28.2 Å². The van der Waals surface area contributed by atoms with Gasteiger partial charge in [-0.1, -0.05) is 28.9 Å². The lowest BCUT2D eigenvalue weighted by molar-refractivity contribution is -0.145. The Morgan fingerprint density at radius 1 is 1.13 bits per heavy atom. The number of hydrogen-bond acceptors (Lipinski definition) is 6. The van der Waals surface area contributed by atoms with Gasteiger partial charge in [-0.25, -0.2) is 13.2 Å². The Kier molecular flexibility index (Phi) is 10.3. The zero-order valence-corrected chi connectivity index (χ0v) is 21.2. The summed E-state index contributed by atoms with van der Waals surface area (Å²) < 4.78 is 38.7. The zero-order chi connectivity index (χ0) is 22.9. The highest BCUT2D eigenvalue weighted by molar-refractivity contribution is 9.10. The van der Waals surface area contributed by atoms with Crippen molar-refractivity contribution in [2.45, 2.75) is 37.0 Å². The number of sulfonamides is 1. The summed E-state index contributed by atoms with van der Waals surface area (Å²) in [5.74, 6) is 0.848. The van der Waals surface area contributed by atoms with Crippen LogP contribution in [0.1, 0.15) is 25.8 Å². The van der Waals surface area contributed by atoms with Gasteiger partial charge in [-0.3, -0.25) is 0 Å². The van der Waals surface area contributed by atoms with Crippen LogP contribution in [0.5, 0.6) is 5.75 Å². The van der Waals surface area contributed by atoms with E-state index in [1.54, 1.807) is 36.9 Å². The van der Waals surface area contributed by atoms with E-state index in [9.17, 15) is 13.2 Å². The predicted octanol–water partition coefficient (Wildman–Crippen LogP) is 4.89. The molecular formula is C22H28BrNO5S2. The third kappa shape index (κ3) is 7.82. The van der Waals surface area contributed by atoms with Gasteiger partial charge in [0.2, 0.25) is 10.0 Å². The van der Waals surface area contributed by atoms with E-state index in [0.717, 1.165) is 21.4 Å². The fourth-order valence-electron chi connectivity index (χ4n) is 2.86. The van der Waals surface area contributed by atoms with Crippen LogP contribution in [0.4, 0.5) is 0 Å². The van der Waals surface area contributed by atoms with Crippen LogP contribution in [0.15, 0.2) is 56.7 Å². The van der Waals surface area contributed by atoms with E-state index in [-0.39, 0.29) is 6.61 Å². The molecule has 2 rings (SSSR count). The average molecular weight is 531 g/mol. The number of benzene rings is 2. The first-order chi connectivity index (χ1) is 14.8. The second-order valence-electron chi connectivity index (χ2n) is 6.73. The number of carbonyl (C=O) groups is 1. The van der Waals surface area contributed by atoms with E-state index in [1.807, 2.05) is 38.1 Å². The van der Waals surface area contributed by atoms with Gasteiger partial charge in [-0.05, 0) is 62.2 Å². The maximum atomic E-state index is 13.0. The number of esters is 1. The van der Waals surface area contributed by atoms with Crippen molar-refractivity contribution in [3.63, 3.8) is 0 Å². The summed E-state index contributed by atoms with van der Waals surface area (Å²) in [5.41, 5.74) is 0.904. The summed E-state index contributed by atoms with van der Waals surface area (Å²) in [4.78, 5) is 12.7. The van der Waals surface area contributed by atoms with Gasteiger partial charge >= 0.3 is 5.97 Å². The highest BCUT2D eigenvalue weighted by Crippen LogP contribution is 2.27. The lowest BCUT2D eigenvalue weighted by Crippen LogP contribution is -2.33. The van der Waals surface area contributed by atoms with Crippen molar-refractivity contribution < 1.29 is 22.7 Å². The van der Waals surface area contributed by atoms with E-state index in [2.05, 4.69) is 15.9 Å². The van der Waals surface area contributed by atoms with Crippen molar-refractivity contribution in [2.24, 2.45) is 0 Å². The van der Waals surface area contributed by atoms with Crippen LogP contribution < -0.4 is 4.74 Å². The third-order valence-corrected chi connectivity index (χ3v) is 7.68. The van der Waals surface area contributed by atoms with Gasteiger partial charge in [0.15, 0.2) is 6.61 Å². The van der Waals surface area contributed by atoms with E-state index in [0.29, 0.717) is 36.1 Å². The fraction of sp³-hybridized carbons (Fsp3) is 0.409. The quantitative estimate of drug-likeness (QED) is 0.287. The van der Waals surface area contributed by atoms with Crippen LogP contribution in [-0.2, 0) is 19.6 Å². The Balaban J connectivity index is 1.98. The highest BCUT2D eigenvalue weighted by Gasteiger charge is 2.23. The second kappa shape index (κ2) is 12.5. The Labute approximate surface area is 197 Å². The molecule has 0 saturated heterocycles. The normalized spacial score (nSPS) is 11.5. The SMILES string of the molecule is CCCN(CCSc1ccc(OCC(=O)OCC)c(C)c1)S(=O)(=O)c1cccc(Br)c1. The molecule has 0 aliphatic carbocycles. The molecule has 9 heteroatoms. The van der Waals surface area contributed by atoms with Gasteiger partial charge in [0.1, 0.15) is 5.75 Å². The molecule has 0 spiro atoms. The van der Waals surface area contributed by atoms with Gasteiger partial charge < -0.3 is 9.47 Å². The minimum absolute atomic E-state index is 0.124. The summed E-state index contributed by atoms with van der Waals surface area (Å²) in [6.45, 7) is 6.70. The fourth-order valence-corrected chi connectivity index (χ4v) is 6.07. The van der Waals surface area contributed by atoms with Crippen molar-refractivity contribution in [1.82, 2.24) is 4.31 Å². The third-order valence-electron chi connectivity index (χ3n) is 4.31. The maximum Gasteiger partial charge on any atom is 0.344 e. The van der Waals surface area contributed by atoms with Crippen LogP contribution in [0.25, 0.3) is 0 Å². The van der Waals surface area contributed by atoms with Crippen LogP contribution >= 0.6 is 27.7 Å². The number of aryl methyl sites for hydroxylation is 1. The standard InChI is InChI=1S/C22H28BrNO5S2/c1-4-11-24(31(26,27)20-8-6-7-18(23)15-20)12-13-30-19-9-10-21(17(3)14-19)29-16-22(25)28-5-2/h6-10,14-15H,4-5,11-13,16H2,1-3H3. The molecule has 31 heavy (non-hydrogen) atoms. The molecule has 170 valence electrons. The predicted molar refractivity (Wildman–Crippen MR) is 127 cm³/mol. The molecule has 0 heterocycles. The largest absolute Gasteiger partial charge is 0.482 e. The molecule has 2 aromatic rings. The average Bonchev–Trinajstić information content (AvgIpc) is 2.72. The minimum atomic E-state index is -3.55. The molecular weight excluding hydrogens is 502 g/mol. The maximum absolute atomic E-state index is 13.0. The summed E-state index contributed by atoms with van der Waals surface area (Å²) in [7, 11) is -3.55.